The first-order chi connectivity index (χ1) is 20.6. The molecule has 3 N–H and O–H groups in total. The highest BCUT2D eigenvalue weighted by molar-refractivity contribution is 7.91. The molecule has 9 nitrogen and oxygen atoms in total. The molecule has 0 saturated carbocycles. The molecule has 0 fully saturated rings. The Bertz CT molecular complexity index is 1680. The van der Waals surface area contributed by atoms with E-state index in [1.54, 1.807) is 48.7 Å². The number of ketones is 1. The van der Waals surface area contributed by atoms with Gasteiger partial charge in [-0.3, -0.25) is 9.59 Å². The number of nitrogens with one attached hydrogen (secondary N) is 2. The summed E-state index contributed by atoms with van der Waals surface area (Å²) in [4.78, 5) is 41.6. The van der Waals surface area contributed by atoms with Crippen molar-refractivity contribution in [3.63, 3.8) is 0 Å². The van der Waals surface area contributed by atoms with Crippen molar-refractivity contribution >= 4 is 44.9 Å². The van der Waals surface area contributed by atoms with E-state index < -0.39 is 27.8 Å². The van der Waals surface area contributed by atoms with Gasteiger partial charge in [0, 0.05) is 32.0 Å². The zero-order valence-electron chi connectivity index (χ0n) is 23.1. The Balaban J connectivity index is 1.38. The maximum absolute atomic E-state index is 13.3. The summed E-state index contributed by atoms with van der Waals surface area (Å²) in [7, 11) is -4.11. The van der Waals surface area contributed by atoms with Crippen LogP contribution in [0.5, 0.6) is 0 Å². The van der Waals surface area contributed by atoms with Gasteiger partial charge in [-0.1, -0.05) is 66.2 Å². The first-order valence-electron chi connectivity index (χ1n) is 13.5. The average Bonchev–Trinajstić information content (AvgIpc) is 3.00. The lowest BCUT2D eigenvalue weighted by atomic mass is 10.0. The van der Waals surface area contributed by atoms with Crippen LogP contribution in [0.15, 0.2) is 107 Å². The van der Waals surface area contributed by atoms with Crippen LogP contribution >= 0.6 is 11.6 Å². The van der Waals surface area contributed by atoms with Crippen LogP contribution in [0.4, 0.5) is 5.82 Å². The molecule has 1 aromatic heterocycles. The summed E-state index contributed by atoms with van der Waals surface area (Å²) in [6.07, 6.45) is 2.93. The van der Waals surface area contributed by atoms with Crippen LogP contribution in [0.3, 0.4) is 0 Å². The molecule has 0 aliphatic heterocycles. The quantitative estimate of drug-likeness (QED) is 0.167. The zero-order valence-corrected chi connectivity index (χ0v) is 24.6. The topological polar surface area (TPSA) is 143 Å². The molecule has 11 heteroatoms. The molecular weight excluding hydrogens is 590 g/mol. The van der Waals surface area contributed by atoms with Crippen LogP contribution < -0.4 is 10.6 Å². The van der Waals surface area contributed by atoms with E-state index in [4.69, 9.17) is 11.6 Å². The number of sulfone groups is 1. The number of hydrogen-bond acceptors (Lipinski definition) is 7. The molecule has 0 spiro atoms. The summed E-state index contributed by atoms with van der Waals surface area (Å²) in [6, 6.07) is 22.7. The van der Waals surface area contributed by atoms with Crippen LogP contribution in [0.1, 0.15) is 34.3 Å². The van der Waals surface area contributed by atoms with Crippen molar-refractivity contribution in [2.24, 2.45) is 0 Å². The van der Waals surface area contributed by atoms with Crippen molar-refractivity contribution < 1.29 is 27.9 Å². The standard InChI is InChI=1S/C32H30ClN3O6S/c33-26-11-6-12-28(43(41,42)25-9-2-1-3-10-25)30(26)31(38)36-27(32(39)40)21-23-16-14-22(15-17-23)20-24(37)8-7-19-35-29-13-4-5-18-34-29/h1-6,9-18,27H,7-8,19-21H2,(H,34,35)(H,36,38)(H,39,40)/t27-/m0/s1. The minimum atomic E-state index is -4.11. The molecule has 1 amide bonds. The van der Waals surface area contributed by atoms with E-state index in [0.717, 1.165) is 11.4 Å². The molecule has 4 rings (SSSR count). The fourth-order valence-corrected chi connectivity index (χ4v) is 6.23. The van der Waals surface area contributed by atoms with Gasteiger partial charge in [-0.25, -0.2) is 18.2 Å². The number of Topliss-reactive ketones (excluding diaryl/α,β-unsaturated/α-hetero) is 1. The molecule has 4 aromatic rings. The number of halogens is 1. The highest BCUT2D eigenvalue weighted by atomic mass is 35.5. The number of nitrogens with zero attached hydrogens (tertiary/aromatic N) is 1. The van der Waals surface area contributed by atoms with Gasteiger partial charge in [0.2, 0.25) is 9.84 Å². The summed E-state index contributed by atoms with van der Waals surface area (Å²) >= 11 is 6.26. The van der Waals surface area contributed by atoms with E-state index in [9.17, 15) is 27.9 Å². The highest BCUT2D eigenvalue weighted by Crippen LogP contribution is 2.29. The van der Waals surface area contributed by atoms with E-state index in [1.165, 1.54) is 30.3 Å². The van der Waals surface area contributed by atoms with Crippen LogP contribution in [0.25, 0.3) is 0 Å². The Labute approximate surface area is 254 Å². The SMILES string of the molecule is O=C(CCCNc1ccccn1)Cc1ccc(C[C@H](NC(=O)c2c(Cl)cccc2S(=O)(=O)c2ccccc2)C(=O)O)cc1. The number of pyridine rings is 1. The number of aliphatic carboxylic acids is 1. The number of carbonyl (C=O) groups is 3. The Morgan fingerprint density at radius 2 is 1.56 bits per heavy atom. The first-order valence-corrected chi connectivity index (χ1v) is 15.4. The van der Waals surface area contributed by atoms with E-state index >= 15 is 0 Å². The molecule has 43 heavy (non-hydrogen) atoms. The number of rotatable bonds is 14. The van der Waals surface area contributed by atoms with Crippen molar-refractivity contribution in [3.8, 4) is 0 Å². The molecule has 0 bridgehead atoms. The monoisotopic (exact) mass is 619 g/mol. The van der Waals surface area contributed by atoms with Gasteiger partial charge in [0.25, 0.3) is 5.91 Å². The largest absolute Gasteiger partial charge is 0.480 e. The maximum Gasteiger partial charge on any atom is 0.326 e. The molecule has 3 aromatic carbocycles. The lowest BCUT2D eigenvalue weighted by Crippen LogP contribution is -2.42. The number of carbonyl (C=O) groups excluding carboxylic acids is 2. The van der Waals surface area contributed by atoms with Crippen LogP contribution in [-0.2, 0) is 32.3 Å². The summed E-state index contributed by atoms with van der Waals surface area (Å²) < 4.78 is 26.6. The Morgan fingerprint density at radius 3 is 2.23 bits per heavy atom. The summed E-state index contributed by atoms with van der Waals surface area (Å²) in [5.74, 6) is -1.39. The summed E-state index contributed by atoms with van der Waals surface area (Å²) in [5.41, 5.74) is 1.07. The van der Waals surface area contributed by atoms with Crippen molar-refractivity contribution in [1.29, 1.82) is 0 Å². The molecule has 0 aliphatic carbocycles. The van der Waals surface area contributed by atoms with Crippen LogP contribution in [-0.4, -0.2) is 48.8 Å². The first kappa shape index (κ1) is 31.4. The van der Waals surface area contributed by atoms with Crippen LogP contribution in [0.2, 0.25) is 5.02 Å². The predicted octanol–water partition coefficient (Wildman–Crippen LogP) is 5.00. The number of carboxylic acids is 1. The van der Waals surface area contributed by atoms with Crippen molar-refractivity contribution in [3.05, 3.63) is 119 Å². The van der Waals surface area contributed by atoms with Crippen molar-refractivity contribution in [2.75, 3.05) is 11.9 Å². The van der Waals surface area contributed by atoms with Gasteiger partial charge in [-0.2, -0.15) is 0 Å². The number of amides is 1. The van der Waals surface area contributed by atoms with E-state index in [-0.39, 0.29) is 39.0 Å². The van der Waals surface area contributed by atoms with Gasteiger partial charge < -0.3 is 15.7 Å². The van der Waals surface area contributed by atoms with Crippen LogP contribution in [0, 0.1) is 0 Å². The van der Waals surface area contributed by atoms with Gasteiger partial charge in [-0.05, 0) is 53.9 Å². The fourth-order valence-electron chi connectivity index (χ4n) is 4.42. The van der Waals surface area contributed by atoms with Gasteiger partial charge in [-0.15, -0.1) is 0 Å². The molecule has 1 heterocycles. The second-order valence-corrected chi connectivity index (χ2v) is 12.1. The highest BCUT2D eigenvalue weighted by Gasteiger charge is 2.29. The van der Waals surface area contributed by atoms with Gasteiger partial charge in [0.05, 0.1) is 20.4 Å². The third kappa shape index (κ3) is 8.50. The summed E-state index contributed by atoms with van der Waals surface area (Å²) in [6.45, 7) is 0.623. The van der Waals surface area contributed by atoms with E-state index in [2.05, 4.69) is 15.6 Å². The fraction of sp³-hybridized carbons (Fsp3) is 0.188. The number of carboxylic acid groups (broad SMARTS) is 1. The lowest BCUT2D eigenvalue weighted by molar-refractivity contribution is -0.139. The molecule has 0 saturated heterocycles. The normalized spacial score (nSPS) is 11.8. The molecule has 0 unspecified atom stereocenters. The molecule has 0 aliphatic rings. The number of aromatic nitrogens is 1. The predicted molar refractivity (Wildman–Crippen MR) is 163 cm³/mol. The number of hydrogen-bond donors (Lipinski definition) is 3. The van der Waals surface area contributed by atoms with Gasteiger partial charge >= 0.3 is 5.97 Å². The minimum Gasteiger partial charge on any atom is -0.480 e. The third-order valence-electron chi connectivity index (χ3n) is 6.62. The zero-order chi connectivity index (χ0) is 30.8. The van der Waals surface area contributed by atoms with E-state index in [1.807, 2.05) is 18.2 Å². The molecule has 0 radical (unpaired) electrons. The summed E-state index contributed by atoms with van der Waals surface area (Å²) in [5, 5.41) is 15.3. The molecule has 222 valence electrons. The van der Waals surface area contributed by atoms with Gasteiger partial charge in [0.15, 0.2) is 0 Å². The van der Waals surface area contributed by atoms with Crippen molar-refractivity contribution in [2.45, 2.75) is 41.5 Å². The Morgan fingerprint density at radius 1 is 0.860 bits per heavy atom. The number of anilines is 1. The minimum absolute atomic E-state index is 0.0270. The average molecular weight is 620 g/mol. The molecule has 1 atom stereocenters. The van der Waals surface area contributed by atoms with Gasteiger partial charge in [0.1, 0.15) is 17.6 Å². The third-order valence-corrected chi connectivity index (χ3v) is 8.74. The lowest BCUT2D eigenvalue weighted by Gasteiger charge is -2.17. The second-order valence-electron chi connectivity index (χ2n) is 9.78. The molecular formula is C32H30ClN3O6S. The van der Waals surface area contributed by atoms with E-state index in [0.29, 0.717) is 24.9 Å². The Kier molecular flexibility index (Phi) is 10.6. The smallest absolute Gasteiger partial charge is 0.326 e. The Hall–Kier alpha value is -4.54. The van der Waals surface area contributed by atoms with Crippen molar-refractivity contribution in [1.82, 2.24) is 10.3 Å². The maximum atomic E-state index is 13.3. The number of benzene rings is 3. The second kappa shape index (κ2) is 14.6.